The summed E-state index contributed by atoms with van der Waals surface area (Å²) in [6.07, 6.45) is 2.23. The van der Waals surface area contributed by atoms with E-state index in [2.05, 4.69) is 0 Å². The molecule has 1 heterocycles. The molecule has 2 N–H and O–H groups in total. The van der Waals surface area contributed by atoms with Crippen LogP contribution in [-0.4, -0.2) is 31.1 Å². The molecule has 1 saturated heterocycles. The fourth-order valence-corrected chi connectivity index (χ4v) is 2.15. The molecule has 1 atom stereocenters. The number of anilines is 1. The Morgan fingerprint density at radius 3 is 2.65 bits per heavy atom. The fraction of sp³-hybridized carbons (Fsp3) is 0.467. The van der Waals surface area contributed by atoms with Gasteiger partial charge in [0.2, 0.25) is 5.91 Å². The maximum Gasteiger partial charge on any atom is 0.338 e. The van der Waals surface area contributed by atoms with Crippen molar-refractivity contribution in [3.63, 3.8) is 0 Å². The van der Waals surface area contributed by atoms with Gasteiger partial charge >= 0.3 is 5.97 Å². The lowest BCUT2D eigenvalue weighted by Gasteiger charge is -2.16. The van der Waals surface area contributed by atoms with Crippen molar-refractivity contribution in [1.29, 1.82) is 0 Å². The highest BCUT2D eigenvalue weighted by Crippen LogP contribution is 2.21. The Labute approximate surface area is 118 Å². The molecule has 1 aromatic carbocycles. The molecule has 0 spiro atoms. The smallest absolute Gasteiger partial charge is 0.338 e. The zero-order chi connectivity index (χ0) is 14.5. The third kappa shape index (κ3) is 3.36. The van der Waals surface area contributed by atoms with Crippen molar-refractivity contribution in [1.82, 2.24) is 0 Å². The summed E-state index contributed by atoms with van der Waals surface area (Å²) in [6, 6.07) is 6.77. The van der Waals surface area contributed by atoms with Gasteiger partial charge < -0.3 is 15.4 Å². The number of hydrogen-bond donors (Lipinski definition) is 1. The minimum Gasteiger partial charge on any atom is -0.462 e. The lowest BCUT2D eigenvalue weighted by atomic mass is 10.2. The lowest BCUT2D eigenvalue weighted by molar-refractivity contribution is -0.117. The highest BCUT2D eigenvalue weighted by Gasteiger charge is 2.27. The standard InChI is InChI=1S/C15H20N2O3/c1-2-3-8-20-15(19)11-4-6-13(7-5-11)17-10-12(16)9-14(17)18/h4-7,12H,2-3,8-10,16H2,1H3. The van der Waals surface area contributed by atoms with Crippen LogP contribution in [-0.2, 0) is 9.53 Å². The van der Waals surface area contributed by atoms with Crippen molar-refractivity contribution in [3.05, 3.63) is 29.8 Å². The number of nitrogens with zero attached hydrogens (tertiary/aromatic N) is 1. The molecule has 0 bridgehead atoms. The first-order valence-electron chi connectivity index (χ1n) is 6.95. The largest absolute Gasteiger partial charge is 0.462 e. The van der Waals surface area contributed by atoms with Gasteiger partial charge in [-0.3, -0.25) is 4.79 Å². The number of carbonyl (C=O) groups excluding carboxylic acids is 2. The topological polar surface area (TPSA) is 72.6 Å². The maximum absolute atomic E-state index is 11.7. The van der Waals surface area contributed by atoms with Gasteiger partial charge in [0.25, 0.3) is 0 Å². The molecule has 2 rings (SSSR count). The van der Waals surface area contributed by atoms with Crippen molar-refractivity contribution < 1.29 is 14.3 Å². The molecular weight excluding hydrogens is 256 g/mol. The van der Waals surface area contributed by atoms with Gasteiger partial charge in [-0.15, -0.1) is 0 Å². The quantitative estimate of drug-likeness (QED) is 0.656. The number of amides is 1. The van der Waals surface area contributed by atoms with Crippen LogP contribution in [0.1, 0.15) is 36.5 Å². The first kappa shape index (κ1) is 14.5. The SMILES string of the molecule is CCCCOC(=O)c1ccc(N2CC(N)CC2=O)cc1. The van der Waals surface area contributed by atoms with E-state index in [9.17, 15) is 9.59 Å². The predicted molar refractivity (Wildman–Crippen MR) is 76.6 cm³/mol. The number of carbonyl (C=O) groups is 2. The minimum absolute atomic E-state index is 0.0239. The third-order valence-corrected chi connectivity index (χ3v) is 3.30. The minimum atomic E-state index is -0.325. The molecule has 1 fully saturated rings. The van der Waals surface area contributed by atoms with Gasteiger partial charge in [0.1, 0.15) is 0 Å². The van der Waals surface area contributed by atoms with Gasteiger partial charge in [0, 0.05) is 24.7 Å². The van der Waals surface area contributed by atoms with Gasteiger partial charge in [-0.25, -0.2) is 4.79 Å². The normalized spacial score (nSPS) is 18.4. The van der Waals surface area contributed by atoms with Crippen LogP contribution < -0.4 is 10.6 Å². The molecular formula is C15H20N2O3. The van der Waals surface area contributed by atoms with Crippen LogP contribution in [0.25, 0.3) is 0 Å². The lowest BCUT2D eigenvalue weighted by Crippen LogP contribution is -2.27. The second-order valence-corrected chi connectivity index (χ2v) is 5.00. The summed E-state index contributed by atoms with van der Waals surface area (Å²) in [6.45, 7) is 3.01. The number of benzene rings is 1. The fourth-order valence-electron chi connectivity index (χ4n) is 2.15. The zero-order valence-corrected chi connectivity index (χ0v) is 11.7. The van der Waals surface area contributed by atoms with Crippen molar-refractivity contribution >= 4 is 17.6 Å². The monoisotopic (exact) mass is 276 g/mol. The number of hydrogen-bond acceptors (Lipinski definition) is 4. The van der Waals surface area contributed by atoms with Crippen molar-refractivity contribution in [2.45, 2.75) is 32.2 Å². The van der Waals surface area contributed by atoms with Gasteiger partial charge in [0.15, 0.2) is 0 Å². The van der Waals surface area contributed by atoms with E-state index in [-0.39, 0.29) is 17.9 Å². The average Bonchev–Trinajstić information content (AvgIpc) is 2.78. The van der Waals surface area contributed by atoms with Crippen LogP contribution >= 0.6 is 0 Å². The average molecular weight is 276 g/mol. The van der Waals surface area contributed by atoms with Crippen LogP contribution in [0.5, 0.6) is 0 Å². The van der Waals surface area contributed by atoms with Gasteiger partial charge in [-0.05, 0) is 30.7 Å². The van der Waals surface area contributed by atoms with E-state index in [1.807, 2.05) is 6.92 Å². The van der Waals surface area contributed by atoms with Crippen LogP contribution in [0.15, 0.2) is 24.3 Å². The van der Waals surface area contributed by atoms with E-state index in [1.54, 1.807) is 29.2 Å². The molecule has 1 unspecified atom stereocenters. The number of esters is 1. The zero-order valence-electron chi connectivity index (χ0n) is 11.7. The second kappa shape index (κ2) is 6.52. The van der Waals surface area contributed by atoms with E-state index < -0.39 is 0 Å². The number of unbranched alkanes of at least 4 members (excludes halogenated alkanes) is 1. The van der Waals surface area contributed by atoms with Crippen LogP contribution in [0, 0.1) is 0 Å². The number of nitrogens with two attached hydrogens (primary N) is 1. The Morgan fingerprint density at radius 1 is 1.40 bits per heavy atom. The Hall–Kier alpha value is -1.88. The Kier molecular flexibility index (Phi) is 4.74. The van der Waals surface area contributed by atoms with Crippen LogP contribution in [0.2, 0.25) is 0 Å². The Balaban J connectivity index is 1.99. The molecule has 0 aliphatic carbocycles. The maximum atomic E-state index is 11.7. The first-order chi connectivity index (χ1) is 9.61. The summed E-state index contributed by atoms with van der Waals surface area (Å²) < 4.78 is 5.13. The summed E-state index contributed by atoms with van der Waals surface area (Å²) in [5.41, 5.74) is 7.03. The van der Waals surface area contributed by atoms with Crippen molar-refractivity contribution in [2.75, 3.05) is 18.1 Å². The second-order valence-electron chi connectivity index (χ2n) is 5.00. The van der Waals surface area contributed by atoms with E-state index in [1.165, 1.54) is 0 Å². The van der Waals surface area contributed by atoms with Crippen molar-refractivity contribution in [3.8, 4) is 0 Å². The van der Waals surface area contributed by atoms with E-state index in [0.717, 1.165) is 18.5 Å². The number of ether oxygens (including phenoxy) is 1. The molecule has 1 amide bonds. The van der Waals surface area contributed by atoms with Gasteiger partial charge in [-0.1, -0.05) is 13.3 Å². The summed E-state index contributed by atoms with van der Waals surface area (Å²) >= 11 is 0. The number of rotatable bonds is 5. The van der Waals surface area contributed by atoms with Gasteiger partial charge in [0.05, 0.1) is 12.2 Å². The Bertz CT molecular complexity index is 484. The molecule has 1 aliphatic heterocycles. The molecule has 5 heteroatoms. The van der Waals surface area contributed by atoms with Crippen LogP contribution in [0.4, 0.5) is 5.69 Å². The third-order valence-electron chi connectivity index (χ3n) is 3.30. The van der Waals surface area contributed by atoms with Gasteiger partial charge in [-0.2, -0.15) is 0 Å². The molecule has 108 valence electrons. The summed E-state index contributed by atoms with van der Waals surface area (Å²) in [5, 5.41) is 0. The van der Waals surface area contributed by atoms with E-state index in [4.69, 9.17) is 10.5 Å². The molecule has 5 nitrogen and oxygen atoms in total. The molecule has 1 aliphatic rings. The molecule has 0 radical (unpaired) electrons. The summed E-state index contributed by atoms with van der Waals surface area (Å²) in [4.78, 5) is 25.1. The summed E-state index contributed by atoms with van der Waals surface area (Å²) in [7, 11) is 0. The highest BCUT2D eigenvalue weighted by atomic mass is 16.5. The molecule has 0 saturated carbocycles. The highest BCUT2D eigenvalue weighted by molar-refractivity contribution is 5.97. The van der Waals surface area contributed by atoms with E-state index in [0.29, 0.717) is 25.1 Å². The molecule has 1 aromatic rings. The Morgan fingerprint density at radius 2 is 2.10 bits per heavy atom. The summed E-state index contributed by atoms with van der Waals surface area (Å²) in [5.74, 6) is -0.301. The van der Waals surface area contributed by atoms with Crippen LogP contribution in [0.3, 0.4) is 0 Å². The molecule has 20 heavy (non-hydrogen) atoms. The van der Waals surface area contributed by atoms with Crippen molar-refractivity contribution in [2.24, 2.45) is 5.73 Å². The van der Waals surface area contributed by atoms with E-state index >= 15 is 0 Å². The molecule has 0 aromatic heterocycles. The predicted octanol–water partition coefficient (Wildman–Crippen LogP) is 1.71. The first-order valence-corrected chi connectivity index (χ1v) is 6.95.